The molecule has 2 heterocycles. The van der Waals surface area contributed by atoms with Crippen molar-refractivity contribution in [3.05, 3.63) is 71.8 Å². The van der Waals surface area contributed by atoms with E-state index in [0.29, 0.717) is 12.6 Å². The molecule has 0 unspecified atom stereocenters. The van der Waals surface area contributed by atoms with Gasteiger partial charge in [0.05, 0.1) is 13.1 Å². The summed E-state index contributed by atoms with van der Waals surface area (Å²) in [5.41, 5.74) is 2.43. The molecule has 160 valence electrons. The lowest BCUT2D eigenvalue weighted by molar-refractivity contribution is -0.935. The zero-order valence-corrected chi connectivity index (χ0v) is 17.9. The number of carbonyl (C=O) groups is 1. The van der Waals surface area contributed by atoms with E-state index in [1.54, 1.807) is 4.90 Å². The van der Waals surface area contributed by atoms with Gasteiger partial charge in [-0.15, -0.1) is 0 Å². The first-order valence-corrected chi connectivity index (χ1v) is 11.2. The summed E-state index contributed by atoms with van der Waals surface area (Å²) in [5.74, 6) is 1.78. The molecule has 0 aromatic heterocycles. The number of hydrogen-bond acceptors (Lipinski definition) is 3. The Kier molecular flexibility index (Phi) is 5.51. The van der Waals surface area contributed by atoms with E-state index in [9.17, 15) is 4.79 Å². The molecule has 0 saturated carbocycles. The molecule has 2 aliphatic rings. The maximum absolute atomic E-state index is 12.8. The highest BCUT2D eigenvalue weighted by Crippen LogP contribution is 2.32. The standard InChI is InChI=1S/C26H28N2O3/c1-18(22-8-4-6-20-5-2-3-7-23(20)22)28-13-11-21(12-14-28)26(29)27-16-19-9-10-24-25(15-19)31-17-30-24/h2-10,15,18,21H,11-14,16-17H2,1H3,(H,27,29)/p+1/t18-/m1/s1. The molecule has 0 aliphatic carbocycles. The first-order chi connectivity index (χ1) is 15.2. The SMILES string of the molecule is C[C@H](c1cccc2ccccc12)[NH+]1CCC(C(=O)NCc2ccc3c(c2)OCO3)CC1. The Balaban J connectivity index is 1.17. The van der Waals surface area contributed by atoms with Crippen molar-refractivity contribution < 1.29 is 19.2 Å². The summed E-state index contributed by atoms with van der Waals surface area (Å²) in [5, 5.41) is 5.75. The minimum Gasteiger partial charge on any atom is -0.454 e. The van der Waals surface area contributed by atoms with Gasteiger partial charge < -0.3 is 19.7 Å². The van der Waals surface area contributed by atoms with Crippen LogP contribution in [0.15, 0.2) is 60.7 Å². The Morgan fingerprint density at radius 3 is 2.68 bits per heavy atom. The van der Waals surface area contributed by atoms with E-state index >= 15 is 0 Å². The van der Waals surface area contributed by atoms with Crippen LogP contribution < -0.4 is 19.7 Å². The summed E-state index contributed by atoms with van der Waals surface area (Å²) in [6.07, 6.45) is 1.86. The molecule has 1 amide bonds. The third kappa shape index (κ3) is 4.10. The normalized spacial score (nSPS) is 21.1. The van der Waals surface area contributed by atoms with Crippen LogP contribution in [0.1, 0.15) is 36.9 Å². The predicted octanol–water partition coefficient (Wildman–Crippen LogP) is 3.24. The molecule has 5 heteroatoms. The van der Waals surface area contributed by atoms with Crippen molar-refractivity contribution in [1.29, 1.82) is 0 Å². The summed E-state index contributed by atoms with van der Waals surface area (Å²) >= 11 is 0. The molecule has 1 saturated heterocycles. The average molecular weight is 418 g/mol. The highest BCUT2D eigenvalue weighted by atomic mass is 16.7. The van der Waals surface area contributed by atoms with Crippen molar-refractivity contribution >= 4 is 16.7 Å². The van der Waals surface area contributed by atoms with Crippen LogP contribution in [-0.2, 0) is 11.3 Å². The van der Waals surface area contributed by atoms with Crippen molar-refractivity contribution in [2.75, 3.05) is 19.9 Å². The summed E-state index contributed by atoms with van der Waals surface area (Å²) < 4.78 is 10.8. The van der Waals surface area contributed by atoms with Crippen LogP contribution in [-0.4, -0.2) is 25.8 Å². The quantitative estimate of drug-likeness (QED) is 0.670. The van der Waals surface area contributed by atoms with E-state index in [4.69, 9.17) is 9.47 Å². The summed E-state index contributed by atoms with van der Waals surface area (Å²) in [4.78, 5) is 14.3. The average Bonchev–Trinajstić information content (AvgIpc) is 3.30. The van der Waals surface area contributed by atoms with E-state index < -0.39 is 0 Å². The van der Waals surface area contributed by atoms with Crippen molar-refractivity contribution in [2.24, 2.45) is 5.92 Å². The van der Waals surface area contributed by atoms with Gasteiger partial charge in [-0.25, -0.2) is 0 Å². The first-order valence-electron chi connectivity index (χ1n) is 11.2. The van der Waals surface area contributed by atoms with Gasteiger partial charge in [0.2, 0.25) is 12.7 Å². The van der Waals surface area contributed by atoms with Crippen LogP contribution in [0.2, 0.25) is 0 Å². The molecule has 2 aliphatic heterocycles. The molecule has 5 nitrogen and oxygen atoms in total. The summed E-state index contributed by atoms with van der Waals surface area (Å²) in [6.45, 7) is 5.15. The van der Waals surface area contributed by atoms with E-state index in [1.165, 1.54) is 16.3 Å². The maximum atomic E-state index is 12.8. The van der Waals surface area contributed by atoms with E-state index in [0.717, 1.165) is 43.0 Å². The first kappa shape index (κ1) is 19.9. The Morgan fingerprint density at radius 1 is 1.03 bits per heavy atom. The van der Waals surface area contributed by atoms with Gasteiger partial charge in [0.25, 0.3) is 0 Å². The second kappa shape index (κ2) is 8.60. The van der Waals surface area contributed by atoms with E-state index in [-0.39, 0.29) is 18.6 Å². The Bertz CT molecular complexity index is 1080. The molecule has 5 rings (SSSR count). The predicted molar refractivity (Wildman–Crippen MR) is 120 cm³/mol. The molecule has 31 heavy (non-hydrogen) atoms. The molecule has 0 bridgehead atoms. The number of amides is 1. The van der Waals surface area contributed by atoms with Crippen molar-refractivity contribution in [3.8, 4) is 11.5 Å². The molecule has 2 N–H and O–H groups in total. The molecular formula is C26H29N2O3+. The molecule has 1 fully saturated rings. The second-order valence-electron chi connectivity index (χ2n) is 8.63. The van der Waals surface area contributed by atoms with Crippen molar-refractivity contribution in [1.82, 2.24) is 5.32 Å². The van der Waals surface area contributed by atoms with Crippen molar-refractivity contribution in [2.45, 2.75) is 32.4 Å². The largest absolute Gasteiger partial charge is 0.454 e. The summed E-state index contributed by atoms with van der Waals surface area (Å²) in [6, 6.07) is 21.4. The number of quaternary nitrogens is 1. The molecule has 3 aromatic carbocycles. The highest BCUT2D eigenvalue weighted by molar-refractivity contribution is 5.85. The zero-order chi connectivity index (χ0) is 21.2. The lowest BCUT2D eigenvalue weighted by atomic mass is 9.92. The van der Waals surface area contributed by atoms with Crippen molar-refractivity contribution in [3.63, 3.8) is 0 Å². The topological polar surface area (TPSA) is 52.0 Å². The number of benzene rings is 3. The van der Waals surface area contributed by atoms with Gasteiger partial charge in [0, 0.05) is 30.9 Å². The van der Waals surface area contributed by atoms with Gasteiger partial charge in [0.1, 0.15) is 6.04 Å². The van der Waals surface area contributed by atoms with E-state index in [1.807, 2.05) is 18.2 Å². The highest BCUT2D eigenvalue weighted by Gasteiger charge is 2.31. The number of carbonyl (C=O) groups excluding carboxylic acids is 1. The zero-order valence-electron chi connectivity index (χ0n) is 17.9. The van der Waals surface area contributed by atoms with Gasteiger partial charge in [-0.05, 0) is 35.4 Å². The molecule has 0 spiro atoms. The van der Waals surface area contributed by atoms with Crippen LogP contribution in [0.4, 0.5) is 0 Å². The lowest BCUT2D eigenvalue weighted by Gasteiger charge is -2.33. The van der Waals surface area contributed by atoms with Gasteiger partial charge in [-0.1, -0.05) is 48.5 Å². The minimum absolute atomic E-state index is 0.0949. The van der Waals surface area contributed by atoms with E-state index in [2.05, 4.69) is 54.7 Å². The monoisotopic (exact) mass is 417 g/mol. The number of hydrogen-bond donors (Lipinski definition) is 2. The number of fused-ring (bicyclic) bond motifs is 2. The Hall–Kier alpha value is -3.05. The molecule has 1 atom stereocenters. The third-order valence-corrected chi connectivity index (χ3v) is 6.80. The fourth-order valence-electron chi connectivity index (χ4n) is 4.92. The number of likely N-dealkylation sites (tertiary alicyclic amines) is 1. The second-order valence-corrected chi connectivity index (χ2v) is 8.63. The number of rotatable bonds is 5. The number of ether oxygens (including phenoxy) is 2. The summed E-state index contributed by atoms with van der Waals surface area (Å²) in [7, 11) is 0. The Morgan fingerprint density at radius 2 is 1.81 bits per heavy atom. The lowest BCUT2D eigenvalue weighted by Crippen LogP contribution is -3.13. The minimum atomic E-state index is 0.0949. The van der Waals surface area contributed by atoms with Crippen LogP contribution >= 0.6 is 0 Å². The molecular weight excluding hydrogens is 388 g/mol. The van der Waals surface area contributed by atoms with Crippen LogP contribution in [0, 0.1) is 5.92 Å². The fraction of sp³-hybridized carbons (Fsp3) is 0.346. The number of piperidine rings is 1. The smallest absolute Gasteiger partial charge is 0.231 e. The van der Waals surface area contributed by atoms with Crippen LogP contribution in [0.3, 0.4) is 0 Å². The van der Waals surface area contributed by atoms with Gasteiger partial charge in [-0.2, -0.15) is 0 Å². The molecule has 3 aromatic rings. The maximum Gasteiger partial charge on any atom is 0.231 e. The molecule has 0 radical (unpaired) electrons. The van der Waals surface area contributed by atoms with Gasteiger partial charge in [-0.3, -0.25) is 4.79 Å². The number of nitrogens with one attached hydrogen (secondary N) is 2. The Labute approximate surface area is 183 Å². The van der Waals surface area contributed by atoms with Gasteiger partial charge >= 0.3 is 0 Å². The van der Waals surface area contributed by atoms with Crippen LogP contribution in [0.5, 0.6) is 11.5 Å². The van der Waals surface area contributed by atoms with Crippen LogP contribution in [0.25, 0.3) is 10.8 Å². The third-order valence-electron chi connectivity index (χ3n) is 6.80. The fourth-order valence-corrected chi connectivity index (χ4v) is 4.92. The van der Waals surface area contributed by atoms with Gasteiger partial charge in [0.15, 0.2) is 11.5 Å².